The molecule has 0 fully saturated rings. The van der Waals surface area contributed by atoms with Crippen LogP contribution in [0.2, 0.25) is 0 Å². The molecule has 0 aromatic rings. The molecule has 0 radical (unpaired) electrons. The minimum Gasteiger partial charge on any atom is -0.395 e. The topological polar surface area (TPSA) is 26.3 Å². The van der Waals surface area contributed by atoms with Gasteiger partial charge in [-0.15, -0.1) is 0 Å². The number of carbonyl (C=O) groups excluding carboxylic acids is 1. The van der Waals surface area contributed by atoms with Gasteiger partial charge >= 0.3 is 5.97 Å². The van der Waals surface area contributed by atoms with Crippen molar-refractivity contribution in [1.29, 1.82) is 0 Å². The number of carbonyl (C=O) groups is 1. The molecule has 20 heavy (non-hydrogen) atoms. The Hall–Kier alpha value is -0.180. The minimum absolute atomic E-state index is 0.202. The summed E-state index contributed by atoms with van der Waals surface area (Å²) in [5.74, 6) is -0.202. The maximum Gasteiger partial charge on any atom is 0.317 e. The number of hydrogen-bond donors (Lipinski definition) is 1. The lowest BCUT2D eigenvalue weighted by Crippen LogP contribution is -1.95. The molecular formula is C17H34O2S. The summed E-state index contributed by atoms with van der Waals surface area (Å²) in [6.07, 6.45) is 19.2. The Bertz CT molecular complexity index is 207. The highest BCUT2D eigenvalue weighted by Gasteiger charge is 1.99. The second-order valence-corrected chi connectivity index (χ2v) is 5.99. The van der Waals surface area contributed by atoms with Gasteiger partial charge in [-0.1, -0.05) is 90.4 Å². The SMILES string of the molecule is CCCCCCCCCCCCCCCCC(=O)OS. The van der Waals surface area contributed by atoms with Gasteiger partial charge < -0.3 is 4.18 Å². The molecule has 0 aliphatic carbocycles. The molecule has 0 aliphatic rings. The summed E-state index contributed by atoms with van der Waals surface area (Å²) in [5, 5.41) is 0. The predicted molar refractivity (Wildman–Crippen MR) is 90.0 cm³/mol. The molecule has 0 rings (SSSR count). The molecule has 0 aromatic carbocycles. The normalized spacial score (nSPS) is 10.7. The van der Waals surface area contributed by atoms with Gasteiger partial charge in [0.25, 0.3) is 0 Å². The lowest BCUT2D eigenvalue weighted by Gasteiger charge is -2.03. The summed E-state index contributed by atoms with van der Waals surface area (Å²) in [7, 11) is 0. The maximum absolute atomic E-state index is 10.8. The molecule has 0 aliphatic heterocycles. The van der Waals surface area contributed by atoms with Gasteiger partial charge in [-0.2, -0.15) is 0 Å². The smallest absolute Gasteiger partial charge is 0.317 e. The summed E-state index contributed by atoms with van der Waals surface area (Å²) in [6.45, 7) is 2.27. The van der Waals surface area contributed by atoms with Gasteiger partial charge in [0.1, 0.15) is 0 Å². The van der Waals surface area contributed by atoms with Gasteiger partial charge in [-0.25, -0.2) is 0 Å². The van der Waals surface area contributed by atoms with Crippen LogP contribution in [0.4, 0.5) is 0 Å². The van der Waals surface area contributed by atoms with E-state index in [9.17, 15) is 4.79 Å². The Labute approximate surface area is 131 Å². The average molecular weight is 303 g/mol. The van der Waals surface area contributed by atoms with Crippen LogP contribution in [-0.2, 0) is 8.98 Å². The number of hydrogen-bond acceptors (Lipinski definition) is 3. The van der Waals surface area contributed by atoms with Gasteiger partial charge in [0, 0.05) is 19.3 Å². The Morgan fingerprint density at radius 2 is 1.05 bits per heavy atom. The Kier molecular flexibility index (Phi) is 16.7. The zero-order chi connectivity index (χ0) is 14.9. The third-order valence-corrected chi connectivity index (χ3v) is 4.04. The van der Waals surface area contributed by atoms with E-state index in [2.05, 4.69) is 24.0 Å². The highest BCUT2D eigenvalue weighted by molar-refractivity contribution is 7.75. The molecule has 2 nitrogen and oxygen atoms in total. The van der Waals surface area contributed by atoms with Crippen LogP contribution in [0, 0.1) is 0 Å². The van der Waals surface area contributed by atoms with Crippen molar-refractivity contribution >= 4 is 18.9 Å². The second kappa shape index (κ2) is 16.9. The van der Waals surface area contributed by atoms with E-state index in [1.807, 2.05) is 0 Å². The van der Waals surface area contributed by atoms with E-state index in [1.54, 1.807) is 0 Å². The van der Waals surface area contributed by atoms with Crippen LogP contribution in [-0.4, -0.2) is 5.97 Å². The lowest BCUT2D eigenvalue weighted by atomic mass is 10.0. The third kappa shape index (κ3) is 15.9. The van der Waals surface area contributed by atoms with E-state index in [1.165, 1.54) is 77.0 Å². The molecule has 0 unspecified atom stereocenters. The molecular weight excluding hydrogens is 268 g/mol. The molecule has 0 bridgehead atoms. The van der Waals surface area contributed by atoms with Gasteiger partial charge in [0.2, 0.25) is 0 Å². The fraction of sp³-hybridized carbons (Fsp3) is 0.941. The van der Waals surface area contributed by atoms with Crippen LogP contribution in [0.1, 0.15) is 103 Å². The zero-order valence-corrected chi connectivity index (χ0v) is 14.3. The van der Waals surface area contributed by atoms with E-state index < -0.39 is 0 Å². The molecule has 0 saturated carbocycles. The monoisotopic (exact) mass is 302 g/mol. The maximum atomic E-state index is 10.8. The largest absolute Gasteiger partial charge is 0.395 e. The first-order chi connectivity index (χ1) is 9.81. The van der Waals surface area contributed by atoms with Crippen molar-refractivity contribution in [2.24, 2.45) is 0 Å². The standard InChI is InChI=1S/C17H34O2S/c1-2-3-4-5-6-7-8-9-10-11-12-13-14-15-16-17(18)19-20/h20H,2-16H2,1H3. The molecule has 0 saturated heterocycles. The van der Waals surface area contributed by atoms with Crippen molar-refractivity contribution in [1.82, 2.24) is 0 Å². The van der Waals surface area contributed by atoms with Crippen LogP contribution in [0.5, 0.6) is 0 Å². The number of unbranched alkanes of at least 4 members (excludes halogenated alkanes) is 13. The molecule has 0 spiro atoms. The van der Waals surface area contributed by atoms with Crippen molar-refractivity contribution in [2.75, 3.05) is 0 Å². The summed E-state index contributed by atoms with van der Waals surface area (Å²) in [6, 6.07) is 0. The zero-order valence-electron chi connectivity index (χ0n) is 13.4. The van der Waals surface area contributed by atoms with Crippen molar-refractivity contribution in [3.8, 4) is 0 Å². The van der Waals surface area contributed by atoms with Crippen LogP contribution in [0.25, 0.3) is 0 Å². The van der Waals surface area contributed by atoms with E-state index in [0.717, 1.165) is 12.8 Å². The van der Waals surface area contributed by atoms with E-state index in [-0.39, 0.29) is 5.97 Å². The summed E-state index contributed by atoms with van der Waals surface area (Å²) in [5.41, 5.74) is 0. The van der Waals surface area contributed by atoms with E-state index in [0.29, 0.717) is 6.42 Å². The average Bonchev–Trinajstić information content (AvgIpc) is 2.47. The Balaban J connectivity index is 2.97. The first kappa shape index (κ1) is 19.8. The molecule has 120 valence electrons. The summed E-state index contributed by atoms with van der Waals surface area (Å²) >= 11 is 3.49. The van der Waals surface area contributed by atoms with Crippen molar-refractivity contribution in [3.05, 3.63) is 0 Å². The lowest BCUT2D eigenvalue weighted by molar-refractivity contribution is -0.132. The van der Waals surface area contributed by atoms with Crippen molar-refractivity contribution in [2.45, 2.75) is 103 Å². The van der Waals surface area contributed by atoms with Crippen molar-refractivity contribution < 1.29 is 8.98 Å². The van der Waals surface area contributed by atoms with Crippen molar-refractivity contribution in [3.63, 3.8) is 0 Å². The Morgan fingerprint density at radius 1 is 0.700 bits per heavy atom. The van der Waals surface area contributed by atoms with Gasteiger partial charge in [0.05, 0.1) is 0 Å². The van der Waals surface area contributed by atoms with Crippen LogP contribution in [0.15, 0.2) is 0 Å². The Morgan fingerprint density at radius 3 is 1.40 bits per heavy atom. The van der Waals surface area contributed by atoms with E-state index in [4.69, 9.17) is 0 Å². The highest BCUT2D eigenvalue weighted by Crippen LogP contribution is 2.13. The van der Waals surface area contributed by atoms with Gasteiger partial charge in [-0.05, 0) is 6.42 Å². The molecule has 0 N–H and O–H groups in total. The predicted octanol–water partition coefficient (Wildman–Crippen LogP) is 6.25. The van der Waals surface area contributed by atoms with E-state index >= 15 is 0 Å². The molecule has 0 heterocycles. The molecule has 0 amide bonds. The second-order valence-electron chi connectivity index (χ2n) is 5.81. The number of rotatable bonds is 15. The van der Waals surface area contributed by atoms with Gasteiger partial charge in [-0.3, -0.25) is 4.79 Å². The number of thiol groups is 1. The first-order valence-electron chi connectivity index (χ1n) is 8.65. The highest BCUT2D eigenvalue weighted by atomic mass is 32.1. The quantitative estimate of drug-likeness (QED) is 0.220. The van der Waals surface area contributed by atoms with Crippen LogP contribution in [0.3, 0.4) is 0 Å². The van der Waals surface area contributed by atoms with Gasteiger partial charge in [0.15, 0.2) is 0 Å². The van der Waals surface area contributed by atoms with Crippen LogP contribution >= 0.6 is 12.9 Å². The molecule has 0 atom stereocenters. The third-order valence-electron chi connectivity index (χ3n) is 3.84. The summed E-state index contributed by atoms with van der Waals surface area (Å²) < 4.78 is 4.32. The first-order valence-corrected chi connectivity index (χ1v) is 9.02. The fourth-order valence-corrected chi connectivity index (χ4v) is 2.60. The van der Waals surface area contributed by atoms with Crippen LogP contribution < -0.4 is 0 Å². The molecule has 3 heteroatoms. The molecule has 0 aromatic heterocycles. The minimum atomic E-state index is -0.202. The fourth-order valence-electron chi connectivity index (χ4n) is 2.51. The summed E-state index contributed by atoms with van der Waals surface area (Å²) in [4.78, 5) is 10.8.